The van der Waals surface area contributed by atoms with Crippen LogP contribution >= 0.6 is 11.3 Å². The van der Waals surface area contributed by atoms with Crippen LogP contribution in [-0.4, -0.2) is 22.0 Å². The first-order valence-corrected chi connectivity index (χ1v) is 7.16. The molecule has 0 fully saturated rings. The molecule has 1 atom stereocenters. The molecule has 1 aromatic carbocycles. The topological polar surface area (TPSA) is 88.2 Å². The Hall–Kier alpha value is -1.92. The van der Waals surface area contributed by atoms with Crippen LogP contribution in [0, 0.1) is 5.92 Å². The Bertz CT molecular complexity index is 593. The van der Waals surface area contributed by atoms with Gasteiger partial charge in [-0.25, -0.2) is 4.98 Å². The molecule has 0 unspecified atom stereocenters. The molecule has 1 amide bonds. The molecule has 5 nitrogen and oxygen atoms in total. The molecule has 0 aliphatic heterocycles. The van der Waals surface area contributed by atoms with Crippen molar-refractivity contribution in [2.45, 2.75) is 19.9 Å². The molecule has 0 radical (unpaired) electrons. The highest BCUT2D eigenvalue weighted by molar-refractivity contribution is 7.14. The van der Waals surface area contributed by atoms with E-state index in [0.717, 1.165) is 11.3 Å². The molecule has 0 saturated carbocycles. The van der Waals surface area contributed by atoms with Crippen LogP contribution in [0.3, 0.4) is 0 Å². The van der Waals surface area contributed by atoms with E-state index in [1.54, 1.807) is 24.3 Å². The van der Waals surface area contributed by atoms with E-state index < -0.39 is 6.04 Å². The Labute approximate surface area is 121 Å². The number of anilines is 1. The first-order valence-electron chi connectivity index (χ1n) is 6.28. The minimum Gasteiger partial charge on any atom is -0.508 e. The Balaban J connectivity index is 2.09. The largest absolute Gasteiger partial charge is 0.508 e. The zero-order chi connectivity index (χ0) is 14.7. The van der Waals surface area contributed by atoms with Gasteiger partial charge in [-0.1, -0.05) is 13.8 Å². The summed E-state index contributed by atoms with van der Waals surface area (Å²) in [6.07, 6.45) is 0. The number of hydrogen-bond donors (Lipinski definition) is 3. The zero-order valence-corrected chi connectivity index (χ0v) is 12.1. The van der Waals surface area contributed by atoms with Crippen LogP contribution in [0.25, 0.3) is 11.3 Å². The number of aromatic nitrogens is 1. The van der Waals surface area contributed by atoms with Crippen LogP contribution in [0.1, 0.15) is 13.8 Å². The zero-order valence-electron chi connectivity index (χ0n) is 11.3. The normalized spacial score (nSPS) is 12.4. The molecule has 0 bridgehead atoms. The summed E-state index contributed by atoms with van der Waals surface area (Å²) in [6.45, 7) is 3.79. The van der Waals surface area contributed by atoms with Gasteiger partial charge in [0, 0.05) is 10.9 Å². The Morgan fingerprint density at radius 2 is 2.00 bits per heavy atom. The van der Waals surface area contributed by atoms with Crippen molar-refractivity contribution in [3.63, 3.8) is 0 Å². The predicted molar refractivity (Wildman–Crippen MR) is 80.7 cm³/mol. The summed E-state index contributed by atoms with van der Waals surface area (Å²) in [7, 11) is 0. The molecular formula is C14H17N3O2S. The number of nitrogens with two attached hydrogens (primary N) is 1. The standard InChI is InChI=1S/C14H17N3O2S/c1-8(2)12(15)13(19)17-14-16-11(7-20-14)9-3-5-10(18)6-4-9/h3-8,12,18H,15H2,1-2H3,(H,16,17,19)/t12-/m0/s1. The second-order valence-corrected chi connectivity index (χ2v) is 5.70. The molecule has 0 saturated heterocycles. The maximum Gasteiger partial charge on any atom is 0.243 e. The van der Waals surface area contributed by atoms with Gasteiger partial charge in [0.25, 0.3) is 0 Å². The Kier molecular flexibility index (Phi) is 4.36. The van der Waals surface area contributed by atoms with Crippen LogP contribution < -0.4 is 11.1 Å². The molecule has 1 aromatic heterocycles. The molecule has 6 heteroatoms. The minimum absolute atomic E-state index is 0.0755. The number of aromatic hydroxyl groups is 1. The van der Waals surface area contributed by atoms with Gasteiger partial charge in [0.15, 0.2) is 5.13 Å². The average Bonchev–Trinajstić information content (AvgIpc) is 2.87. The lowest BCUT2D eigenvalue weighted by Crippen LogP contribution is -2.39. The molecule has 0 aliphatic carbocycles. The van der Waals surface area contributed by atoms with E-state index in [1.165, 1.54) is 11.3 Å². The monoisotopic (exact) mass is 291 g/mol. The highest BCUT2D eigenvalue weighted by Crippen LogP contribution is 2.26. The fourth-order valence-electron chi connectivity index (χ4n) is 1.59. The smallest absolute Gasteiger partial charge is 0.243 e. The summed E-state index contributed by atoms with van der Waals surface area (Å²) in [5.74, 6) is 0.0542. The van der Waals surface area contributed by atoms with Gasteiger partial charge in [-0.2, -0.15) is 0 Å². The van der Waals surface area contributed by atoms with Gasteiger partial charge in [0.05, 0.1) is 11.7 Å². The van der Waals surface area contributed by atoms with E-state index in [1.807, 2.05) is 19.2 Å². The lowest BCUT2D eigenvalue weighted by atomic mass is 10.1. The van der Waals surface area contributed by atoms with Crippen LogP contribution in [0.2, 0.25) is 0 Å². The van der Waals surface area contributed by atoms with Gasteiger partial charge in [-0.15, -0.1) is 11.3 Å². The number of rotatable bonds is 4. The number of benzene rings is 1. The number of phenolic OH excluding ortho intramolecular Hbond substituents is 1. The van der Waals surface area contributed by atoms with E-state index in [2.05, 4.69) is 10.3 Å². The van der Waals surface area contributed by atoms with Crippen molar-refractivity contribution in [1.29, 1.82) is 0 Å². The summed E-state index contributed by atoms with van der Waals surface area (Å²) in [6, 6.07) is 6.20. The van der Waals surface area contributed by atoms with Crippen molar-refractivity contribution in [2.24, 2.45) is 11.7 Å². The van der Waals surface area contributed by atoms with E-state index in [-0.39, 0.29) is 17.6 Å². The lowest BCUT2D eigenvalue weighted by Gasteiger charge is -2.13. The molecule has 2 aromatic rings. The van der Waals surface area contributed by atoms with E-state index in [0.29, 0.717) is 5.13 Å². The minimum atomic E-state index is -0.545. The first kappa shape index (κ1) is 14.5. The summed E-state index contributed by atoms with van der Waals surface area (Å²) < 4.78 is 0. The van der Waals surface area contributed by atoms with Gasteiger partial charge in [0.1, 0.15) is 5.75 Å². The average molecular weight is 291 g/mol. The van der Waals surface area contributed by atoms with Crippen LogP contribution in [-0.2, 0) is 4.79 Å². The highest BCUT2D eigenvalue weighted by atomic mass is 32.1. The van der Waals surface area contributed by atoms with E-state index in [4.69, 9.17) is 5.73 Å². The summed E-state index contributed by atoms with van der Waals surface area (Å²) in [5, 5.41) is 14.3. The van der Waals surface area contributed by atoms with E-state index in [9.17, 15) is 9.90 Å². The van der Waals surface area contributed by atoms with Crippen molar-refractivity contribution < 1.29 is 9.90 Å². The number of nitrogens with zero attached hydrogens (tertiary/aromatic N) is 1. The first-order chi connectivity index (χ1) is 9.47. The fourth-order valence-corrected chi connectivity index (χ4v) is 2.31. The van der Waals surface area contributed by atoms with Crippen molar-refractivity contribution in [1.82, 2.24) is 4.98 Å². The number of hydrogen-bond acceptors (Lipinski definition) is 5. The van der Waals surface area contributed by atoms with Gasteiger partial charge in [-0.3, -0.25) is 4.79 Å². The van der Waals surface area contributed by atoms with Crippen molar-refractivity contribution in [2.75, 3.05) is 5.32 Å². The molecule has 4 N–H and O–H groups in total. The van der Waals surface area contributed by atoms with Crippen LogP contribution in [0.4, 0.5) is 5.13 Å². The summed E-state index contributed by atoms with van der Waals surface area (Å²) in [4.78, 5) is 16.2. The van der Waals surface area contributed by atoms with Crippen LogP contribution in [0.5, 0.6) is 5.75 Å². The van der Waals surface area contributed by atoms with Gasteiger partial charge in [-0.05, 0) is 30.2 Å². The third-order valence-electron chi connectivity index (χ3n) is 2.92. The number of nitrogens with one attached hydrogen (secondary N) is 1. The second-order valence-electron chi connectivity index (χ2n) is 4.84. The van der Waals surface area contributed by atoms with E-state index >= 15 is 0 Å². The molecule has 20 heavy (non-hydrogen) atoms. The van der Waals surface area contributed by atoms with Crippen molar-refractivity contribution in [3.8, 4) is 17.0 Å². The number of carbonyl (C=O) groups is 1. The maximum absolute atomic E-state index is 11.8. The molecule has 106 valence electrons. The molecule has 1 heterocycles. The maximum atomic E-state index is 11.8. The quantitative estimate of drug-likeness (QED) is 0.807. The Morgan fingerprint density at radius 3 is 2.60 bits per heavy atom. The fraction of sp³-hybridized carbons (Fsp3) is 0.286. The van der Waals surface area contributed by atoms with Gasteiger partial charge in [0.2, 0.25) is 5.91 Å². The Morgan fingerprint density at radius 1 is 1.35 bits per heavy atom. The van der Waals surface area contributed by atoms with Gasteiger partial charge < -0.3 is 16.2 Å². The SMILES string of the molecule is CC(C)[C@H](N)C(=O)Nc1nc(-c2ccc(O)cc2)cs1. The van der Waals surface area contributed by atoms with Crippen molar-refractivity contribution in [3.05, 3.63) is 29.6 Å². The molecule has 0 spiro atoms. The number of carbonyl (C=O) groups excluding carboxylic acids is 1. The third kappa shape index (κ3) is 3.34. The summed E-state index contributed by atoms with van der Waals surface area (Å²) in [5.41, 5.74) is 7.41. The predicted octanol–water partition coefficient (Wildman–Crippen LogP) is 2.44. The summed E-state index contributed by atoms with van der Waals surface area (Å²) >= 11 is 1.34. The van der Waals surface area contributed by atoms with Gasteiger partial charge >= 0.3 is 0 Å². The molecule has 0 aliphatic rings. The highest BCUT2D eigenvalue weighted by Gasteiger charge is 2.18. The van der Waals surface area contributed by atoms with Crippen molar-refractivity contribution >= 4 is 22.4 Å². The third-order valence-corrected chi connectivity index (χ3v) is 3.68. The number of amides is 1. The van der Waals surface area contributed by atoms with Crippen LogP contribution in [0.15, 0.2) is 29.6 Å². The number of thiazole rings is 1. The second kappa shape index (κ2) is 6.02. The number of phenols is 1. The molecule has 2 rings (SSSR count). The lowest BCUT2D eigenvalue weighted by molar-refractivity contribution is -0.118. The molecular weight excluding hydrogens is 274 g/mol.